The molecule has 20 heteroatoms. The number of allylic oxidation sites excluding steroid dienone is 1. The molecule has 2 aliphatic rings. The van der Waals surface area contributed by atoms with E-state index in [1.165, 1.54) is 6.08 Å². The Hall–Kier alpha value is -5.57. The van der Waals surface area contributed by atoms with Gasteiger partial charge < -0.3 is 5.11 Å². The molecule has 0 bridgehead atoms. The van der Waals surface area contributed by atoms with Gasteiger partial charge in [-0.15, -0.1) is 0 Å². The number of hydrogen-bond acceptors (Lipinski definition) is 19. The number of nitrogens with one attached hydrogen (secondary N) is 1. The third kappa shape index (κ3) is 6.32. The second-order valence-electron chi connectivity index (χ2n) is 12.5. The Morgan fingerprint density at radius 2 is 1.08 bits per heavy atom. The first-order valence-electron chi connectivity index (χ1n) is 15.2. The van der Waals surface area contributed by atoms with Crippen LogP contribution in [0, 0.1) is 0 Å². The fourth-order valence-electron chi connectivity index (χ4n) is 5.82. The first-order chi connectivity index (χ1) is 24.6. The van der Waals surface area contributed by atoms with Gasteiger partial charge in [0.1, 0.15) is 0 Å². The fraction of sp³-hybridized carbons (Fsp3) is 0.273. The quantitative estimate of drug-likeness (QED) is 0.0817. The summed E-state index contributed by atoms with van der Waals surface area (Å²) in [5.41, 5.74) is -10.1. The molecular formula is C33H32InNO18. The van der Waals surface area contributed by atoms with E-state index in [0.29, 0.717) is 24.3 Å². The summed E-state index contributed by atoms with van der Waals surface area (Å²) in [5.74, 6) is -15.4. The summed E-state index contributed by atoms with van der Waals surface area (Å²) in [5, 5.41) is 114. The zero-order valence-electron chi connectivity index (χ0n) is 27.8. The Balaban J connectivity index is 1.65. The summed E-state index contributed by atoms with van der Waals surface area (Å²) >= 11 is -1.85. The number of hydrogen-bond donors (Lipinski definition) is 12. The van der Waals surface area contributed by atoms with Crippen LogP contribution in [0.25, 0.3) is 0 Å². The van der Waals surface area contributed by atoms with Crippen LogP contribution in [0.5, 0.6) is 51.7 Å². The first-order valence-corrected chi connectivity index (χ1v) is 18.8. The molecule has 0 aliphatic carbocycles. The third-order valence-corrected chi connectivity index (χ3v) is 11.7. The van der Waals surface area contributed by atoms with Crippen molar-refractivity contribution < 1.29 is 89.5 Å². The predicted molar refractivity (Wildman–Crippen MR) is 176 cm³/mol. The van der Waals surface area contributed by atoms with Crippen LogP contribution in [-0.4, -0.2) is 136 Å². The number of carbonyl (C=O) groups excluding carboxylic acids is 3. The molecule has 0 radical (unpaired) electrons. The van der Waals surface area contributed by atoms with Crippen LogP contribution in [-0.2, 0) is 18.9 Å². The van der Waals surface area contributed by atoms with Gasteiger partial charge in [-0.3, -0.25) is 0 Å². The number of phenols is 9. The molecule has 2 heterocycles. The Morgan fingerprint density at radius 1 is 0.679 bits per heavy atom. The molecule has 19 nitrogen and oxygen atoms in total. The Morgan fingerprint density at radius 3 is 1.47 bits per heavy atom. The predicted octanol–water partition coefficient (Wildman–Crippen LogP) is 0.172. The van der Waals surface area contributed by atoms with Crippen molar-refractivity contribution in [1.29, 1.82) is 0 Å². The number of esters is 3. The van der Waals surface area contributed by atoms with Crippen LogP contribution >= 0.6 is 0 Å². The maximum atomic E-state index is 13.8. The first kappa shape index (κ1) is 38.7. The second kappa shape index (κ2) is 13.4. The molecule has 5 rings (SSSR count). The van der Waals surface area contributed by atoms with Crippen LogP contribution in [0.1, 0.15) is 51.8 Å². The normalized spacial score (nSPS) is 26.1. The second-order valence-corrected chi connectivity index (χ2v) is 15.4. The van der Waals surface area contributed by atoms with Gasteiger partial charge in [0.15, 0.2) is 0 Å². The summed E-state index contributed by atoms with van der Waals surface area (Å²) in [6.45, 7) is 1.95. The molecular weight excluding hydrogens is 813 g/mol. The van der Waals surface area contributed by atoms with Gasteiger partial charge in [0, 0.05) is 0 Å². The number of aromatic hydroxyl groups is 9. The molecule has 0 spiro atoms. The summed E-state index contributed by atoms with van der Waals surface area (Å²) in [7, 11) is 0. The number of rotatable bonds is 8. The van der Waals surface area contributed by atoms with Gasteiger partial charge in [0.05, 0.1) is 0 Å². The Labute approximate surface area is 309 Å². The van der Waals surface area contributed by atoms with Gasteiger partial charge >= 0.3 is 305 Å². The van der Waals surface area contributed by atoms with Gasteiger partial charge in [-0.2, -0.15) is 0 Å². The average molecular weight is 845 g/mol. The van der Waals surface area contributed by atoms with Gasteiger partial charge in [-0.05, 0) is 0 Å². The Kier molecular flexibility index (Phi) is 9.80. The minimum atomic E-state index is -2.90. The van der Waals surface area contributed by atoms with Crippen molar-refractivity contribution in [3.8, 4) is 51.7 Å². The molecule has 3 aromatic carbocycles. The number of aliphatic hydroxyl groups is 2. The van der Waals surface area contributed by atoms with Crippen LogP contribution in [0.15, 0.2) is 48.2 Å². The third-order valence-electron chi connectivity index (χ3n) is 9.24. The van der Waals surface area contributed by atoms with E-state index in [2.05, 4.69) is 3.30 Å². The molecule has 0 aromatic heterocycles. The monoisotopic (exact) mass is 845 g/mol. The van der Waals surface area contributed by atoms with Crippen molar-refractivity contribution >= 4 is 44.4 Å². The summed E-state index contributed by atoms with van der Waals surface area (Å²) in [6.07, 6.45) is -0.575. The molecule has 280 valence electrons. The van der Waals surface area contributed by atoms with Gasteiger partial charge in [-0.1, -0.05) is 0 Å². The summed E-state index contributed by atoms with van der Waals surface area (Å²) < 4.78 is 27.8. The molecule has 0 amide bonds. The number of ether oxygens (including phenoxy) is 4. The van der Waals surface area contributed by atoms with Crippen molar-refractivity contribution in [3.05, 3.63) is 64.9 Å². The van der Waals surface area contributed by atoms with Crippen LogP contribution in [0.3, 0.4) is 0 Å². The van der Waals surface area contributed by atoms with Crippen molar-refractivity contribution in [3.63, 3.8) is 0 Å². The van der Waals surface area contributed by atoms with E-state index in [-0.39, 0.29) is 5.70 Å². The van der Waals surface area contributed by atoms with Crippen molar-refractivity contribution in [2.24, 2.45) is 0 Å². The molecule has 0 unspecified atom stereocenters. The number of benzene rings is 3. The molecule has 12 N–H and O–H groups in total. The number of carbonyl (C=O) groups is 3. The fourth-order valence-corrected chi connectivity index (χ4v) is 8.24. The van der Waals surface area contributed by atoms with E-state index in [1.807, 2.05) is 0 Å². The SMILES string of the molecule is C[C@]1(O)[C@@](OC(=O)c2cc(O)c(O)c(O)c2)(C2=C[CH]=[In][NH]2)O[C@H](COC(=O)c2cc(O)c(O)c(O)c2)[C@@](C)(O)[C@]1(C)OC(=O)c1cc(O)c(O)c(O)c1. The van der Waals surface area contributed by atoms with E-state index in [0.717, 1.165) is 32.9 Å². The standard InChI is InChI=1S/C33H32NO18.In/c1-5-22(34)33(52-29(46)15-10-20(39)26(43)21(40)11-15)31(3,48)32(4,51-28(45)14-8-18(37)25(42)19(38)9-14)30(2,47)23(50-33)12-49-27(44)13-6-16(35)24(41)17(36)7-13;/h1,5-11,23,34-40,47-48H,12H2,2-4H3,(H,41,44)(H,42,45)(H,43,46);/q-1;+1/t23-,30-,31-,32+,33+;/m1./s1. The zero-order valence-corrected chi connectivity index (χ0v) is 31.1. The van der Waals surface area contributed by atoms with E-state index in [1.54, 1.807) is 3.76 Å². The van der Waals surface area contributed by atoms with E-state index >= 15 is 0 Å². The average Bonchev–Trinajstić information content (AvgIpc) is 3.63. The van der Waals surface area contributed by atoms with Crippen molar-refractivity contribution in [1.82, 2.24) is 3.30 Å². The molecule has 53 heavy (non-hydrogen) atoms. The van der Waals surface area contributed by atoms with Crippen LogP contribution < -0.4 is 3.30 Å². The molecule has 2 aliphatic heterocycles. The topological polar surface area (TPSA) is 323 Å². The minimum absolute atomic E-state index is 0.160. The molecule has 3 aromatic rings. The van der Waals surface area contributed by atoms with E-state index in [4.69, 9.17) is 18.9 Å². The van der Waals surface area contributed by atoms with Gasteiger partial charge in [-0.25, -0.2) is 0 Å². The van der Waals surface area contributed by atoms with Gasteiger partial charge in [0.2, 0.25) is 0 Å². The van der Waals surface area contributed by atoms with Crippen molar-refractivity contribution in [2.75, 3.05) is 6.61 Å². The van der Waals surface area contributed by atoms with Gasteiger partial charge in [0.25, 0.3) is 0 Å². The number of phenolic OH excluding ortho intramolecular Hbond substituents is 9. The zero-order chi connectivity index (χ0) is 39.4. The molecule has 1 fully saturated rings. The van der Waals surface area contributed by atoms with Crippen LogP contribution in [0.2, 0.25) is 0 Å². The molecule has 5 atom stereocenters. The van der Waals surface area contributed by atoms with Crippen LogP contribution in [0.4, 0.5) is 0 Å². The van der Waals surface area contributed by atoms with E-state index < -0.39 is 144 Å². The Bertz CT molecular complexity index is 2020. The summed E-state index contributed by atoms with van der Waals surface area (Å²) in [4.78, 5) is 40.6. The summed E-state index contributed by atoms with van der Waals surface area (Å²) in [6, 6.07) is 4.33. The molecule has 0 saturated carbocycles. The van der Waals surface area contributed by atoms with E-state index in [9.17, 15) is 70.6 Å². The maximum absolute atomic E-state index is 13.8. The van der Waals surface area contributed by atoms with Crippen molar-refractivity contribution in [2.45, 2.75) is 49.5 Å². The molecule has 1 saturated heterocycles.